The van der Waals surface area contributed by atoms with Crippen molar-refractivity contribution in [2.45, 2.75) is 149 Å². The highest BCUT2D eigenvalue weighted by molar-refractivity contribution is 4.82. The summed E-state index contributed by atoms with van der Waals surface area (Å²) in [6, 6.07) is 0. The molecule has 0 fully saturated rings. The third-order valence-corrected chi connectivity index (χ3v) is 5.52. The van der Waals surface area contributed by atoms with E-state index in [0.29, 0.717) is 0 Å². The lowest BCUT2D eigenvalue weighted by molar-refractivity contribution is 0.566. The standard InChI is InChI=1S/C27H52/c1-3-5-7-9-11-13-15-17-19-21-23-25-27-26-24-22-20-18-16-14-12-10-8-6-4-2/h13,15,24,26H,3-12,14,16-23,25,27H2,1-2H3/b15-13-,26-24-. The van der Waals surface area contributed by atoms with Crippen molar-refractivity contribution < 1.29 is 0 Å². The molecule has 0 saturated heterocycles. The molecule has 0 aromatic heterocycles. The van der Waals surface area contributed by atoms with Gasteiger partial charge in [-0.3, -0.25) is 0 Å². The van der Waals surface area contributed by atoms with Gasteiger partial charge in [0.2, 0.25) is 0 Å². The fraction of sp³-hybridized carbons (Fsp3) is 0.852. The van der Waals surface area contributed by atoms with E-state index in [-0.39, 0.29) is 0 Å². The smallest absolute Gasteiger partial charge is 0.0351 e. The van der Waals surface area contributed by atoms with E-state index in [1.807, 2.05) is 0 Å². The van der Waals surface area contributed by atoms with Crippen molar-refractivity contribution in [3.8, 4) is 0 Å². The van der Waals surface area contributed by atoms with Crippen molar-refractivity contribution in [1.29, 1.82) is 0 Å². The van der Waals surface area contributed by atoms with Gasteiger partial charge in [-0.2, -0.15) is 0 Å². The predicted molar refractivity (Wildman–Crippen MR) is 127 cm³/mol. The average Bonchev–Trinajstić information content (AvgIpc) is 2.68. The molecular formula is C27H52. The molecule has 0 rings (SSSR count). The van der Waals surface area contributed by atoms with E-state index in [4.69, 9.17) is 0 Å². The molecular weight excluding hydrogens is 324 g/mol. The maximum atomic E-state index is 2.43. The number of rotatable bonds is 22. The minimum Gasteiger partial charge on any atom is -0.0885 e. The van der Waals surface area contributed by atoms with Gasteiger partial charge >= 0.3 is 0 Å². The normalized spacial score (nSPS) is 11.9. The molecule has 0 atom stereocenters. The van der Waals surface area contributed by atoms with E-state index >= 15 is 0 Å². The predicted octanol–water partition coefficient (Wildman–Crippen LogP) is 10.3. The van der Waals surface area contributed by atoms with Crippen LogP contribution in [0.3, 0.4) is 0 Å². The first-order chi connectivity index (χ1) is 13.4. The summed E-state index contributed by atoms with van der Waals surface area (Å²) >= 11 is 0. The summed E-state index contributed by atoms with van der Waals surface area (Å²) in [6.45, 7) is 4.58. The molecule has 0 unspecified atom stereocenters. The maximum Gasteiger partial charge on any atom is -0.0351 e. The highest BCUT2D eigenvalue weighted by Crippen LogP contribution is 2.11. The van der Waals surface area contributed by atoms with Crippen LogP contribution in [0.2, 0.25) is 0 Å². The van der Waals surface area contributed by atoms with E-state index in [2.05, 4.69) is 38.2 Å². The first-order valence-electron chi connectivity index (χ1n) is 12.7. The van der Waals surface area contributed by atoms with Crippen LogP contribution in [0.1, 0.15) is 149 Å². The van der Waals surface area contributed by atoms with E-state index in [1.54, 1.807) is 0 Å². The molecule has 0 nitrogen and oxygen atoms in total. The lowest BCUT2D eigenvalue weighted by Crippen LogP contribution is -1.81. The Labute approximate surface area is 173 Å². The van der Waals surface area contributed by atoms with Crippen LogP contribution >= 0.6 is 0 Å². The van der Waals surface area contributed by atoms with E-state index in [9.17, 15) is 0 Å². The summed E-state index contributed by atoms with van der Waals surface area (Å²) in [5, 5.41) is 0. The Morgan fingerprint density at radius 1 is 0.296 bits per heavy atom. The molecule has 0 spiro atoms. The Kier molecular flexibility index (Phi) is 25.0. The number of hydrogen-bond acceptors (Lipinski definition) is 0. The van der Waals surface area contributed by atoms with Crippen molar-refractivity contribution in [2.24, 2.45) is 0 Å². The lowest BCUT2D eigenvalue weighted by atomic mass is 10.1. The van der Waals surface area contributed by atoms with Gasteiger partial charge in [-0.15, -0.1) is 0 Å². The van der Waals surface area contributed by atoms with Crippen LogP contribution in [-0.2, 0) is 0 Å². The third kappa shape index (κ3) is 25.5. The molecule has 27 heavy (non-hydrogen) atoms. The SMILES string of the molecule is CCCCCC/C=C\CCCCCC/C=C\CCCCCCCCCCC. The molecule has 0 saturated carbocycles. The first kappa shape index (κ1) is 26.5. The quantitative estimate of drug-likeness (QED) is 0.130. The molecule has 160 valence electrons. The fourth-order valence-corrected chi connectivity index (χ4v) is 3.61. The Hall–Kier alpha value is -0.520. The molecule has 0 aliphatic carbocycles. The summed E-state index contributed by atoms with van der Waals surface area (Å²) in [5.74, 6) is 0. The van der Waals surface area contributed by atoms with Gasteiger partial charge in [-0.1, -0.05) is 122 Å². The molecule has 0 bridgehead atoms. The van der Waals surface area contributed by atoms with E-state index < -0.39 is 0 Å². The van der Waals surface area contributed by atoms with Crippen LogP contribution in [0.15, 0.2) is 24.3 Å². The van der Waals surface area contributed by atoms with Gasteiger partial charge in [-0.25, -0.2) is 0 Å². The Balaban J connectivity index is 3.11. The highest BCUT2D eigenvalue weighted by Gasteiger charge is 1.92. The Morgan fingerprint density at radius 3 is 0.815 bits per heavy atom. The van der Waals surface area contributed by atoms with Gasteiger partial charge in [0.25, 0.3) is 0 Å². The number of hydrogen-bond donors (Lipinski definition) is 0. The fourth-order valence-electron chi connectivity index (χ4n) is 3.61. The molecule has 0 heterocycles. The van der Waals surface area contributed by atoms with Crippen molar-refractivity contribution >= 4 is 0 Å². The summed E-state index contributed by atoms with van der Waals surface area (Å²) < 4.78 is 0. The highest BCUT2D eigenvalue weighted by atomic mass is 14.0. The van der Waals surface area contributed by atoms with E-state index in [0.717, 1.165) is 0 Å². The zero-order chi connectivity index (χ0) is 19.7. The van der Waals surface area contributed by atoms with Gasteiger partial charge in [0.05, 0.1) is 0 Å². The van der Waals surface area contributed by atoms with Crippen molar-refractivity contribution in [3.63, 3.8) is 0 Å². The van der Waals surface area contributed by atoms with Gasteiger partial charge < -0.3 is 0 Å². The van der Waals surface area contributed by atoms with Gasteiger partial charge in [0.1, 0.15) is 0 Å². The van der Waals surface area contributed by atoms with Gasteiger partial charge in [-0.05, 0) is 51.4 Å². The summed E-state index contributed by atoms with van der Waals surface area (Å²) in [6.07, 6.45) is 38.9. The van der Waals surface area contributed by atoms with Crippen LogP contribution in [0.5, 0.6) is 0 Å². The second kappa shape index (κ2) is 25.5. The second-order valence-electron chi connectivity index (χ2n) is 8.40. The summed E-state index contributed by atoms with van der Waals surface area (Å²) in [4.78, 5) is 0. The van der Waals surface area contributed by atoms with Crippen LogP contribution in [-0.4, -0.2) is 0 Å². The molecule has 0 aliphatic rings. The molecule has 0 heteroatoms. The Bertz CT molecular complexity index is 299. The summed E-state index contributed by atoms with van der Waals surface area (Å²) in [5.41, 5.74) is 0. The molecule has 0 N–H and O–H groups in total. The summed E-state index contributed by atoms with van der Waals surface area (Å²) in [7, 11) is 0. The molecule has 0 amide bonds. The van der Waals surface area contributed by atoms with Crippen LogP contribution in [0.4, 0.5) is 0 Å². The minimum atomic E-state index is 1.29. The second-order valence-corrected chi connectivity index (χ2v) is 8.40. The zero-order valence-corrected chi connectivity index (χ0v) is 19.2. The van der Waals surface area contributed by atoms with Crippen LogP contribution < -0.4 is 0 Å². The molecule has 0 aliphatic heterocycles. The molecule has 0 radical (unpaired) electrons. The topological polar surface area (TPSA) is 0 Å². The van der Waals surface area contributed by atoms with Crippen molar-refractivity contribution in [2.75, 3.05) is 0 Å². The van der Waals surface area contributed by atoms with Gasteiger partial charge in [0.15, 0.2) is 0 Å². The van der Waals surface area contributed by atoms with Crippen LogP contribution in [0.25, 0.3) is 0 Å². The third-order valence-electron chi connectivity index (χ3n) is 5.52. The zero-order valence-electron chi connectivity index (χ0n) is 19.2. The van der Waals surface area contributed by atoms with Gasteiger partial charge in [0, 0.05) is 0 Å². The van der Waals surface area contributed by atoms with Crippen molar-refractivity contribution in [3.05, 3.63) is 24.3 Å². The number of allylic oxidation sites excluding steroid dienone is 4. The Morgan fingerprint density at radius 2 is 0.519 bits per heavy atom. The van der Waals surface area contributed by atoms with Crippen molar-refractivity contribution in [1.82, 2.24) is 0 Å². The molecule has 0 aromatic carbocycles. The largest absolute Gasteiger partial charge is 0.0885 e. The lowest BCUT2D eigenvalue weighted by Gasteiger charge is -2.00. The van der Waals surface area contributed by atoms with E-state index in [1.165, 1.54) is 135 Å². The average molecular weight is 377 g/mol. The van der Waals surface area contributed by atoms with Crippen LogP contribution in [0, 0.1) is 0 Å². The first-order valence-corrected chi connectivity index (χ1v) is 12.7. The maximum absolute atomic E-state index is 2.43. The number of unbranched alkanes of at least 4 members (excludes halogenated alkanes) is 18. The monoisotopic (exact) mass is 376 g/mol. The minimum absolute atomic E-state index is 1.29. The molecule has 0 aromatic rings.